The van der Waals surface area contributed by atoms with Crippen LogP contribution in [-0.4, -0.2) is 41.2 Å². The summed E-state index contributed by atoms with van der Waals surface area (Å²) in [5.41, 5.74) is -0.248. The van der Waals surface area contributed by atoms with Crippen LogP contribution in [0.4, 0.5) is 10.5 Å². The molecular weight excluding hydrogens is 278 g/mol. The van der Waals surface area contributed by atoms with Crippen LogP contribution in [0.1, 0.15) is 24.3 Å². The van der Waals surface area contributed by atoms with Gasteiger partial charge in [-0.05, 0) is 18.1 Å². The fourth-order valence-electron chi connectivity index (χ4n) is 1.60. The molecule has 2 amide bonds. The number of carbonyl (C=O) groups excluding carboxylic acids is 2. The van der Waals surface area contributed by atoms with Gasteiger partial charge in [-0.25, -0.2) is 19.4 Å². The first-order valence-electron chi connectivity index (χ1n) is 6.20. The van der Waals surface area contributed by atoms with E-state index in [1.54, 1.807) is 13.8 Å². The van der Waals surface area contributed by atoms with Crippen molar-refractivity contribution in [1.82, 2.24) is 10.3 Å². The number of rotatable bonds is 5. The van der Waals surface area contributed by atoms with Crippen LogP contribution in [0.3, 0.4) is 0 Å². The summed E-state index contributed by atoms with van der Waals surface area (Å²) in [4.78, 5) is 38.1. The molecule has 114 valence electrons. The van der Waals surface area contributed by atoms with Gasteiger partial charge in [0, 0.05) is 6.20 Å². The van der Waals surface area contributed by atoms with E-state index in [0.717, 1.165) is 0 Å². The van der Waals surface area contributed by atoms with Crippen molar-refractivity contribution in [2.24, 2.45) is 5.92 Å². The Hall–Kier alpha value is -2.64. The van der Waals surface area contributed by atoms with Crippen LogP contribution in [-0.2, 0) is 9.53 Å². The maximum Gasteiger partial charge on any atom is 0.356 e. The van der Waals surface area contributed by atoms with Crippen LogP contribution >= 0.6 is 0 Å². The second kappa shape index (κ2) is 7.22. The van der Waals surface area contributed by atoms with Crippen molar-refractivity contribution in [2.75, 3.05) is 12.4 Å². The molecule has 3 N–H and O–H groups in total. The average molecular weight is 295 g/mol. The lowest BCUT2D eigenvalue weighted by Gasteiger charge is -2.20. The Morgan fingerprint density at radius 1 is 1.33 bits per heavy atom. The van der Waals surface area contributed by atoms with Gasteiger partial charge in [-0.1, -0.05) is 13.8 Å². The predicted molar refractivity (Wildman–Crippen MR) is 74.0 cm³/mol. The third-order valence-electron chi connectivity index (χ3n) is 2.67. The highest BCUT2D eigenvalue weighted by Gasteiger charge is 2.25. The third-order valence-corrected chi connectivity index (χ3v) is 2.67. The summed E-state index contributed by atoms with van der Waals surface area (Å²) in [5, 5.41) is 13.8. The molecule has 0 aromatic carbocycles. The Labute approximate surface area is 121 Å². The van der Waals surface area contributed by atoms with Crippen molar-refractivity contribution in [3.8, 4) is 0 Å². The van der Waals surface area contributed by atoms with Crippen LogP contribution in [0.5, 0.6) is 0 Å². The van der Waals surface area contributed by atoms with Crippen LogP contribution in [0.2, 0.25) is 0 Å². The van der Waals surface area contributed by atoms with Crippen molar-refractivity contribution in [3.05, 3.63) is 24.0 Å². The molecule has 0 aliphatic rings. The zero-order chi connectivity index (χ0) is 16.0. The van der Waals surface area contributed by atoms with E-state index in [9.17, 15) is 14.4 Å². The van der Waals surface area contributed by atoms with Gasteiger partial charge in [-0.2, -0.15) is 0 Å². The quantitative estimate of drug-likeness (QED) is 0.700. The highest BCUT2D eigenvalue weighted by Crippen LogP contribution is 2.12. The first-order chi connectivity index (χ1) is 9.86. The maximum absolute atomic E-state index is 11.9. The Morgan fingerprint density at radius 2 is 2.00 bits per heavy atom. The molecule has 0 aliphatic heterocycles. The van der Waals surface area contributed by atoms with E-state index in [0.29, 0.717) is 0 Å². The van der Waals surface area contributed by atoms with Gasteiger partial charge >= 0.3 is 18.0 Å². The number of aromatic nitrogens is 1. The molecule has 0 saturated heterocycles. The summed E-state index contributed by atoms with van der Waals surface area (Å²) < 4.78 is 4.60. The summed E-state index contributed by atoms with van der Waals surface area (Å²) >= 11 is 0. The topological polar surface area (TPSA) is 118 Å². The van der Waals surface area contributed by atoms with Gasteiger partial charge in [-0.15, -0.1) is 0 Å². The molecule has 1 aromatic rings. The lowest BCUT2D eigenvalue weighted by molar-refractivity contribution is -0.143. The summed E-state index contributed by atoms with van der Waals surface area (Å²) in [6.45, 7) is 3.49. The van der Waals surface area contributed by atoms with E-state index in [1.807, 2.05) is 0 Å². The number of hydrogen-bond donors (Lipinski definition) is 3. The number of hydrogen-bond acceptors (Lipinski definition) is 5. The van der Waals surface area contributed by atoms with E-state index in [4.69, 9.17) is 5.11 Å². The average Bonchev–Trinajstić information content (AvgIpc) is 2.44. The number of nitrogens with zero attached hydrogens (tertiary/aromatic N) is 1. The predicted octanol–water partition coefficient (Wildman–Crippen LogP) is 1.10. The fraction of sp³-hybridized carbons (Fsp3) is 0.385. The third kappa shape index (κ3) is 4.44. The number of methoxy groups -OCH3 is 1. The molecule has 1 aromatic heterocycles. The first kappa shape index (κ1) is 16.4. The number of pyridine rings is 1. The number of aromatic carboxylic acids is 1. The van der Waals surface area contributed by atoms with E-state index in [-0.39, 0.29) is 17.3 Å². The molecule has 8 heteroatoms. The van der Waals surface area contributed by atoms with Crippen molar-refractivity contribution in [3.63, 3.8) is 0 Å². The Morgan fingerprint density at radius 3 is 2.52 bits per heavy atom. The van der Waals surface area contributed by atoms with Gasteiger partial charge in [0.1, 0.15) is 6.04 Å². The highest BCUT2D eigenvalue weighted by molar-refractivity contribution is 5.99. The Balaban J connectivity index is 2.82. The van der Waals surface area contributed by atoms with E-state index < -0.39 is 24.0 Å². The van der Waals surface area contributed by atoms with Crippen LogP contribution < -0.4 is 10.6 Å². The van der Waals surface area contributed by atoms with Gasteiger partial charge in [0.2, 0.25) is 0 Å². The number of anilines is 1. The maximum atomic E-state index is 11.9. The molecule has 1 heterocycles. The largest absolute Gasteiger partial charge is 0.476 e. The normalized spacial score (nSPS) is 11.6. The SMILES string of the molecule is COC(=O)C(NC(=O)Nc1cccnc1C(=O)O)C(C)C. The highest BCUT2D eigenvalue weighted by atomic mass is 16.5. The molecule has 0 fully saturated rings. The Kier molecular flexibility index (Phi) is 5.65. The standard InChI is InChI=1S/C13H17N3O5/c1-7(2)9(12(19)21-3)16-13(20)15-8-5-4-6-14-10(8)11(17)18/h4-7,9H,1-3H3,(H,17,18)(H2,15,16,20). The minimum Gasteiger partial charge on any atom is -0.476 e. The monoisotopic (exact) mass is 295 g/mol. The van der Waals surface area contributed by atoms with Gasteiger partial charge in [0.05, 0.1) is 12.8 Å². The number of carboxylic acid groups (broad SMARTS) is 1. The van der Waals surface area contributed by atoms with Crippen LogP contribution in [0, 0.1) is 5.92 Å². The van der Waals surface area contributed by atoms with Gasteiger partial charge < -0.3 is 20.5 Å². The lowest BCUT2D eigenvalue weighted by Crippen LogP contribution is -2.46. The minimum atomic E-state index is -1.26. The number of urea groups is 1. The minimum absolute atomic E-state index is 0.0369. The van der Waals surface area contributed by atoms with Crippen LogP contribution in [0.15, 0.2) is 18.3 Å². The smallest absolute Gasteiger partial charge is 0.356 e. The summed E-state index contributed by atoms with van der Waals surface area (Å²) in [7, 11) is 1.22. The van der Waals surface area contributed by atoms with Crippen molar-refractivity contribution >= 4 is 23.7 Å². The molecule has 0 bridgehead atoms. The molecule has 1 rings (SSSR count). The number of nitrogens with one attached hydrogen (secondary N) is 2. The molecule has 0 saturated carbocycles. The van der Waals surface area contributed by atoms with Gasteiger partial charge in [0.25, 0.3) is 0 Å². The van der Waals surface area contributed by atoms with Crippen LogP contribution in [0.25, 0.3) is 0 Å². The van der Waals surface area contributed by atoms with E-state index >= 15 is 0 Å². The lowest BCUT2D eigenvalue weighted by atomic mass is 10.1. The van der Waals surface area contributed by atoms with Crippen molar-refractivity contribution in [2.45, 2.75) is 19.9 Å². The molecule has 0 spiro atoms. The van der Waals surface area contributed by atoms with E-state index in [2.05, 4.69) is 20.4 Å². The summed E-state index contributed by atoms with van der Waals surface area (Å²) in [6, 6.07) is 1.34. The number of esters is 1. The summed E-state index contributed by atoms with van der Waals surface area (Å²) in [5.74, 6) is -2.03. The zero-order valence-corrected chi connectivity index (χ0v) is 11.9. The van der Waals surface area contributed by atoms with Crippen molar-refractivity contribution in [1.29, 1.82) is 0 Å². The molecule has 0 aliphatic carbocycles. The second-order valence-electron chi connectivity index (χ2n) is 4.55. The van der Waals surface area contributed by atoms with Gasteiger partial charge in [0.15, 0.2) is 5.69 Å². The molecule has 1 atom stereocenters. The number of amides is 2. The summed E-state index contributed by atoms with van der Waals surface area (Å²) in [6.07, 6.45) is 1.30. The fourth-order valence-corrected chi connectivity index (χ4v) is 1.60. The number of carboxylic acids is 1. The van der Waals surface area contributed by atoms with Gasteiger partial charge in [-0.3, -0.25) is 0 Å². The Bertz CT molecular complexity index is 544. The van der Waals surface area contributed by atoms with E-state index in [1.165, 1.54) is 25.4 Å². The molecular formula is C13H17N3O5. The molecule has 1 unspecified atom stereocenters. The molecule has 0 radical (unpaired) electrons. The number of ether oxygens (including phenoxy) is 1. The number of carbonyl (C=O) groups is 3. The molecule has 21 heavy (non-hydrogen) atoms. The molecule has 8 nitrogen and oxygen atoms in total. The second-order valence-corrected chi connectivity index (χ2v) is 4.55. The zero-order valence-electron chi connectivity index (χ0n) is 11.9. The van der Waals surface area contributed by atoms with Crippen molar-refractivity contribution < 1.29 is 24.2 Å². The first-order valence-corrected chi connectivity index (χ1v) is 6.20.